The fraction of sp³-hybridized carbons (Fsp3) is 0.294. The molecule has 0 radical (unpaired) electrons. The summed E-state index contributed by atoms with van der Waals surface area (Å²) in [5.41, 5.74) is 4.88. The van der Waals surface area contributed by atoms with Crippen LogP contribution < -0.4 is 15.4 Å². The van der Waals surface area contributed by atoms with E-state index in [0.717, 1.165) is 40.1 Å². The van der Waals surface area contributed by atoms with Gasteiger partial charge in [0.1, 0.15) is 12.4 Å². The molecule has 4 aromatic rings. The van der Waals surface area contributed by atoms with E-state index in [1.165, 1.54) is 18.4 Å². The van der Waals surface area contributed by atoms with E-state index in [0.29, 0.717) is 23.4 Å². The highest BCUT2D eigenvalue weighted by Gasteiger charge is 2.50. The molecule has 1 aromatic heterocycles. The van der Waals surface area contributed by atoms with Crippen molar-refractivity contribution in [1.82, 2.24) is 25.3 Å². The topological polar surface area (TPSA) is 106 Å². The maximum absolute atomic E-state index is 13.5. The minimum atomic E-state index is -1.42. The second-order valence-corrected chi connectivity index (χ2v) is 11.6. The number of carbonyl (C=O) groups excluding carboxylic acids is 3. The Morgan fingerprint density at radius 2 is 1.86 bits per heavy atom. The molecule has 1 atom stereocenters. The SMILES string of the molecule is CC#CCOc1ccc2c(c1)C(=O)N(C[C@@]1(c3ccc(-c4cc(C)c5c(cnn5CC5CC5)c4)cc3)NC(=O)NC1=O)C2. The number of rotatable bonds is 8. The summed E-state index contributed by atoms with van der Waals surface area (Å²) in [4.78, 5) is 40.8. The van der Waals surface area contributed by atoms with Crippen LogP contribution in [0.2, 0.25) is 0 Å². The highest BCUT2D eigenvalue weighted by atomic mass is 16.5. The van der Waals surface area contributed by atoms with Crippen LogP contribution in [-0.4, -0.2) is 45.7 Å². The molecule has 0 spiro atoms. The Morgan fingerprint density at radius 1 is 1.05 bits per heavy atom. The Hall–Kier alpha value is -5.10. The van der Waals surface area contributed by atoms with Crippen LogP contribution in [0.5, 0.6) is 5.75 Å². The van der Waals surface area contributed by atoms with Gasteiger partial charge in [0.25, 0.3) is 11.8 Å². The first-order valence-electron chi connectivity index (χ1n) is 14.5. The van der Waals surface area contributed by atoms with Crippen LogP contribution in [0.4, 0.5) is 4.79 Å². The zero-order valence-corrected chi connectivity index (χ0v) is 24.1. The third-order valence-corrected chi connectivity index (χ3v) is 8.58. The highest BCUT2D eigenvalue weighted by molar-refractivity contribution is 6.08. The van der Waals surface area contributed by atoms with Crippen molar-refractivity contribution in [2.75, 3.05) is 13.2 Å². The van der Waals surface area contributed by atoms with Gasteiger partial charge in [0, 0.05) is 24.0 Å². The predicted molar refractivity (Wildman–Crippen MR) is 161 cm³/mol. The zero-order valence-electron chi connectivity index (χ0n) is 24.1. The number of amides is 4. The molecule has 3 aromatic carbocycles. The average molecular weight is 574 g/mol. The fourth-order valence-electron chi connectivity index (χ4n) is 6.18. The fourth-order valence-corrected chi connectivity index (χ4v) is 6.18. The summed E-state index contributed by atoms with van der Waals surface area (Å²) in [6, 6.07) is 16.7. The van der Waals surface area contributed by atoms with E-state index < -0.39 is 17.5 Å². The van der Waals surface area contributed by atoms with Crippen molar-refractivity contribution in [3.63, 3.8) is 0 Å². The molecule has 9 nitrogen and oxygen atoms in total. The zero-order chi connectivity index (χ0) is 29.7. The van der Waals surface area contributed by atoms with Gasteiger partial charge in [-0.25, -0.2) is 4.79 Å². The largest absolute Gasteiger partial charge is 0.481 e. The van der Waals surface area contributed by atoms with Gasteiger partial charge in [-0.15, -0.1) is 5.92 Å². The number of hydrogen-bond donors (Lipinski definition) is 2. The Labute approximate surface area is 249 Å². The molecule has 0 bridgehead atoms. The van der Waals surface area contributed by atoms with Crippen LogP contribution >= 0.6 is 0 Å². The second-order valence-electron chi connectivity index (χ2n) is 11.6. The molecule has 216 valence electrons. The molecule has 43 heavy (non-hydrogen) atoms. The smallest absolute Gasteiger partial charge is 0.322 e. The maximum Gasteiger partial charge on any atom is 0.322 e. The lowest BCUT2D eigenvalue weighted by molar-refractivity contribution is -0.124. The van der Waals surface area contributed by atoms with Gasteiger partial charge in [-0.2, -0.15) is 5.10 Å². The lowest BCUT2D eigenvalue weighted by Crippen LogP contribution is -2.52. The first-order valence-corrected chi connectivity index (χ1v) is 14.5. The van der Waals surface area contributed by atoms with Crippen molar-refractivity contribution in [1.29, 1.82) is 0 Å². The van der Waals surface area contributed by atoms with E-state index >= 15 is 0 Å². The van der Waals surface area contributed by atoms with Gasteiger partial charge in [-0.05, 0) is 84.7 Å². The molecular formula is C34H31N5O4. The molecule has 2 fully saturated rings. The number of imide groups is 1. The lowest BCUT2D eigenvalue weighted by atomic mass is 9.87. The van der Waals surface area contributed by atoms with E-state index in [4.69, 9.17) is 4.74 Å². The molecule has 1 aliphatic carbocycles. The van der Waals surface area contributed by atoms with E-state index in [9.17, 15) is 14.4 Å². The summed E-state index contributed by atoms with van der Waals surface area (Å²) in [7, 11) is 0. The normalized spacial score (nSPS) is 19.2. The van der Waals surface area contributed by atoms with Crippen LogP contribution in [0.25, 0.3) is 22.0 Å². The minimum absolute atomic E-state index is 0.0137. The number of ether oxygens (including phenoxy) is 1. The molecule has 2 aliphatic heterocycles. The predicted octanol–water partition coefficient (Wildman–Crippen LogP) is 4.51. The van der Waals surface area contributed by atoms with Crippen LogP contribution in [0.3, 0.4) is 0 Å². The van der Waals surface area contributed by atoms with Gasteiger partial charge in [-0.1, -0.05) is 36.3 Å². The van der Waals surface area contributed by atoms with Crippen LogP contribution in [0.15, 0.2) is 60.8 Å². The van der Waals surface area contributed by atoms with E-state index in [-0.39, 0.29) is 19.1 Å². The van der Waals surface area contributed by atoms with E-state index in [2.05, 4.69) is 51.3 Å². The maximum atomic E-state index is 13.5. The van der Waals surface area contributed by atoms with Crippen LogP contribution in [-0.2, 0) is 23.4 Å². The van der Waals surface area contributed by atoms with Crippen molar-refractivity contribution in [3.8, 4) is 28.7 Å². The van der Waals surface area contributed by atoms with Crippen molar-refractivity contribution in [3.05, 3.63) is 83.0 Å². The Balaban J connectivity index is 1.16. The average Bonchev–Trinajstić information content (AvgIpc) is 3.54. The number of aromatic nitrogens is 2. The molecule has 9 heteroatoms. The molecule has 7 rings (SSSR count). The first-order chi connectivity index (χ1) is 20.8. The van der Waals surface area contributed by atoms with E-state index in [1.807, 2.05) is 42.6 Å². The monoisotopic (exact) mass is 573 g/mol. The second kappa shape index (κ2) is 10.3. The van der Waals surface area contributed by atoms with E-state index in [1.54, 1.807) is 17.9 Å². The van der Waals surface area contributed by atoms with Crippen molar-refractivity contribution >= 4 is 28.7 Å². The van der Waals surface area contributed by atoms with Crippen molar-refractivity contribution < 1.29 is 19.1 Å². The van der Waals surface area contributed by atoms with Gasteiger partial charge in [0.15, 0.2) is 5.54 Å². The highest BCUT2D eigenvalue weighted by Crippen LogP contribution is 2.36. The van der Waals surface area contributed by atoms with Gasteiger partial charge >= 0.3 is 6.03 Å². The first kappa shape index (κ1) is 26.8. The summed E-state index contributed by atoms with van der Waals surface area (Å²) in [6.45, 7) is 5.34. The quantitative estimate of drug-likeness (QED) is 0.238. The van der Waals surface area contributed by atoms with Crippen LogP contribution in [0, 0.1) is 24.7 Å². The third kappa shape index (κ3) is 4.79. The molecule has 4 amide bonds. The number of nitrogens with zero attached hydrogens (tertiary/aromatic N) is 3. The summed E-state index contributed by atoms with van der Waals surface area (Å²) >= 11 is 0. The summed E-state index contributed by atoms with van der Waals surface area (Å²) < 4.78 is 7.75. The van der Waals surface area contributed by atoms with Gasteiger partial charge < -0.3 is 15.0 Å². The Bertz CT molecular complexity index is 1860. The molecular weight excluding hydrogens is 542 g/mol. The molecule has 3 heterocycles. The molecule has 1 saturated carbocycles. The number of urea groups is 1. The summed E-state index contributed by atoms with van der Waals surface area (Å²) in [6.07, 6.45) is 4.47. The summed E-state index contributed by atoms with van der Waals surface area (Å²) in [5, 5.41) is 10.9. The van der Waals surface area contributed by atoms with Gasteiger partial charge in [-0.3, -0.25) is 19.6 Å². The molecule has 1 saturated heterocycles. The third-order valence-electron chi connectivity index (χ3n) is 8.58. The molecule has 3 aliphatic rings. The lowest BCUT2D eigenvalue weighted by Gasteiger charge is -2.31. The Morgan fingerprint density at radius 3 is 2.58 bits per heavy atom. The standard InChI is InChI=1S/C34H31N5O4/c1-3-4-13-43-28-12-9-24-19-38(31(40)29(24)16-28)20-34(32(41)36-33(42)37-34)27-10-7-23(8-11-27)25-14-21(2)30-26(15-25)17-35-39(30)18-22-5-6-22/h7-12,14-17,22H,5-6,13,18-20H2,1-2H3,(H2,36,37,41,42)/t34-/m0/s1. The summed E-state index contributed by atoms with van der Waals surface area (Å²) in [5.74, 6) is 6.19. The minimum Gasteiger partial charge on any atom is -0.481 e. The number of carbonyl (C=O) groups is 3. The number of aryl methyl sites for hydroxylation is 1. The van der Waals surface area contributed by atoms with Crippen LogP contribution in [0.1, 0.15) is 46.8 Å². The number of nitrogens with one attached hydrogen (secondary N) is 2. The van der Waals surface area contributed by atoms with Crippen molar-refractivity contribution in [2.24, 2.45) is 5.92 Å². The van der Waals surface area contributed by atoms with Gasteiger partial charge in [0.05, 0.1) is 18.3 Å². The molecule has 2 N–H and O–H groups in total. The number of fused-ring (bicyclic) bond motifs is 2. The number of benzene rings is 3. The number of hydrogen-bond acceptors (Lipinski definition) is 5. The van der Waals surface area contributed by atoms with Gasteiger partial charge in [0.2, 0.25) is 0 Å². The van der Waals surface area contributed by atoms with Crippen molar-refractivity contribution in [2.45, 2.75) is 45.3 Å². The Kier molecular flexibility index (Phi) is 6.42. The molecule has 0 unspecified atom stereocenters.